The normalized spacial score (nSPS) is 32.1. The number of rotatable bonds is 1. The first kappa shape index (κ1) is 9.66. The molecule has 2 atom stereocenters. The van der Waals surface area contributed by atoms with Crippen molar-refractivity contribution >= 4 is 0 Å². The van der Waals surface area contributed by atoms with Gasteiger partial charge in [0.1, 0.15) is 5.82 Å². The summed E-state index contributed by atoms with van der Waals surface area (Å²) in [6.07, 6.45) is 1.08. The molecular weight excluding hydrogens is 177 g/mol. The lowest BCUT2D eigenvalue weighted by atomic mass is 9.77. The second-order valence-electron chi connectivity index (χ2n) is 4.35. The molecule has 1 aromatic carbocycles. The van der Waals surface area contributed by atoms with E-state index < -0.39 is 0 Å². The third-order valence-electron chi connectivity index (χ3n) is 3.53. The minimum Gasteiger partial charge on any atom is -0.313 e. The Bertz CT molecular complexity index is 337. The SMILES string of the molecule is CC1NCCC1(C)c1cccc(F)c1. The molecule has 2 rings (SSSR count). The van der Waals surface area contributed by atoms with Crippen LogP contribution in [0.15, 0.2) is 24.3 Å². The van der Waals surface area contributed by atoms with E-state index >= 15 is 0 Å². The largest absolute Gasteiger partial charge is 0.313 e. The molecule has 76 valence electrons. The average molecular weight is 193 g/mol. The molecule has 1 nitrogen and oxygen atoms in total. The minimum atomic E-state index is -0.136. The molecule has 1 aliphatic rings. The van der Waals surface area contributed by atoms with Crippen molar-refractivity contribution in [2.24, 2.45) is 0 Å². The molecule has 0 spiro atoms. The standard InChI is InChI=1S/C12H16FN/c1-9-12(2,6-7-14-9)10-4-3-5-11(13)8-10/h3-5,8-9,14H,6-7H2,1-2H3. The van der Waals surface area contributed by atoms with Gasteiger partial charge in [-0.25, -0.2) is 4.39 Å². The van der Waals surface area contributed by atoms with Crippen LogP contribution in [0.25, 0.3) is 0 Å². The number of halogens is 1. The van der Waals surface area contributed by atoms with Crippen LogP contribution in [0.2, 0.25) is 0 Å². The van der Waals surface area contributed by atoms with Crippen LogP contribution in [0.4, 0.5) is 4.39 Å². The maximum Gasteiger partial charge on any atom is 0.123 e. The molecule has 1 aliphatic heterocycles. The molecule has 0 aromatic heterocycles. The van der Waals surface area contributed by atoms with Crippen LogP contribution >= 0.6 is 0 Å². The molecular formula is C12H16FN. The zero-order valence-corrected chi connectivity index (χ0v) is 8.68. The summed E-state index contributed by atoms with van der Waals surface area (Å²) in [5.41, 5.74) is 1.19. The maximum absolute atomic E-state index is 13.1. The Balaban J connectivity index is 2.38. The highest BCUT2D eigenvalue weighted by Gasteiger charge is 2.37. The lowest BCUT2D eigenvalue weighted by Gasteiger charge is -2.29. The van der Waals surface area contributed by atoms with Gasteiger partial charge in [0.05, 0.1) is 0 Å². The fraction of sp³-hybridized carbons (Fsp3) is 0.500. The molecule has 1 heterocycles. The Morgan fingerprint density at radius 3 is 2.86 bits per heavy atom. The molecule has 0 radical (unpaired) electrons. The van der Waals surface area contributed by atoms with Gasteiger partial charge in [0.15, 0.2) is 0 Å². The summed E-state index contributed by atoms with van der Waals surface area (Å²) in [4.78, 5) is 0. The Morgan fingerprint density at radius 2 is 2.29 bits per heavy atom. The summed E-state index contributed by atoms with van der Waals surface area (Å²) in [6, 6.07) is 7.39. The molecule has 0 aliphatic carbocycles. The predicted octanol–water partition coefficient (Wildman–Crippen LogP) is 2.47. The highest BCUT2D eigenvalue weighted by atomic mass is 19.1. The van der Waals surface area contributed by atoms with Gasteiger partial charge >= 0.3 is 0 Å². The van der Waals surface area contributed by atoms with E-state index in [0.717, 1.165) is 18.5 Å². The van der Waals surface area contributed by atoms with E-state index in [1.165, 1.54) is 6.07 Å². The molecule has 1 fully saturated rings. The highest BCUT2D eigenvalue weighted by molar-refractivity contribution is 5.28. The monoisotopic (exact) mass is 193 g/mol. The van der Waals surface area contributed by atoms with Gasteiger partial charge in [0.2, 0.25) is 0 Å². The smallest absolute Gasteiger partial charge is 0.123 e. The van der Waals surface area contributed by atoms with Crippen LogP contribution in [0.1, 0.15) is 25.8 Å². The summed E-state index contributed by atoms with van der Waals surface area (Å²) in [5, 5.41) is 3.41. The van der Waals surface area contributed by atoms with E-state index in [9.17, 15) is 4.39 Å². The van der Waals surface area contributed by atoms with Crippen molar-refractivity contribution in [2.75, 3.05) is 6.54 Å². The average Bonchev–Trinajstić information content (AvgIpc) is 2.49. The van der Waals surface area contributed by atoms with Crippen LogP contribution in [-0.4, -0.2) is 12.6 Å². The number of nitrogens with one attached hydrogen (secondary N) is 1. The molecule has 1 saturated heterocycles. The lowest BCUT2D eigenvalue weighted by Crippen LogP contribution is -2.35. The Morgan fingerprint density at radius 1 is 1.50 bits per heavy atom. The van der Waals surface area contributed by atoms with Gasteiger partial charge in [-0.05, 0) is 37.6 Å². The molecule has 2 unspecified atom stereocenters. The summed E-state index contributed by atoms with van der Waals surface area (Å²) in [6.45, 7) is 5.39. The van der Waals surface area contributed by atoms with E-state index in [-0.39, 0.29) is 11.2 Å². The van der Waals surface area contributed by atoms with Crippen LogP contribution in [0.3, 0.4) is 0 Å². The van der Waals surface area contributed by atoms with E-state index in [1.807, 2.05) is 6.07 Å². The Hall–Kier alpha value is -0.890. The summed E-state index contributed by atoms with van der Waals surface area (Å²) in [7, 11) is 0. The van der Waals surface area contributed by atoms with Gasteiger partial charge in [-0.3, -0.25) is 0 Å². The van der Waals surface area contributed by atoms with Crippen LogP contribution in [0, 0.1) is 5.82 Å². The lowest BCUT2D eigenvalue weighted by molar-refractivity contribution is 0.425. The molecule has 0 saturated carbocycles. The fourth-order valence-corrected chi connectivity index (χ4v) is 2.23. The quantitative estimate of drug-likeness (QED) is 0.722. The van der Waals surface area contributed by atoms with Crippen molar-refractivity contribution in [3.63, 3.8) is 0 Å². The van der Waals surface area contributed by atoms with Crippen molar-refractivity contribution in [2.45, 2.75) is 31.7 Å². The first-order chi connectivity index (χ1) is 6.63. The molecule has 2 heteroatoms. The topological polar surface area (TPSA) is 12.0 Å². The van der Waals surface area contributed by atoms with Crippen molar-refractivity contribution in [3.8, 4) is 0 Å². The van der Waals surface area contributed by atoms with Crippen molar-refractivity contribution in [1.29, 1.82) is 0 Å². The highest BCUT2D eigenvalue weighted by Crippen LogP contribution is 2.34. The summed E-state index contributed by atoms with van der Waals surface area (Å²) in [5.74, 6) is -0.136. The third-order valence-corrected chi connectivity index (χ3v) is 3.53. The van der Waals surface area contributed by atoms with Crippen molar-refractivity contribution < 1.29 is 4.39 Å². The van der Waals surface area contributed by atoms with Gasteiger partial charge in [-0.2, -0.15) is 0 Å². The number of hydrogen-bond acceptors (Lipinski definition) is 1. The van der Waals surface area contributed by atoms with E-state index in [2.05, 4.69) is 19.2 Å². The second-order valence-corrected chi connectivity index (χ2v) is 4.35. The summed E-state index contributed by atoms with van der Waals surface area (Å²) < 4.78 is 13.1. The van der Waals surface area contributed by atoms with Crippen LogP contribution in [0.5, 0.6) is 0 Å². The van der Waals surface area contributed by atoms with E-state index in [0.29, 0.717) is 6.04 Å². The van der Waals surface area contributed by atoms with Crippen LogP contribution in [-0.2, 0) is 5.41 Å². The fourth-order valence-electron chi connectivity index (χ4n) is 2.23. The summed E-state index contributed by atoms with van der Waals surface area (Å²) >= 11 is 0. The van der Waals surface area contributed by atoms with E-state index in [4.69, 9.17) is 0 Å². The third kappa shape index (κ3) is 1.44. The zero-order valence-electron chi connectivity index (χ0n) is 8.68. The first-order valence-corrected chi connectivity index (χ1v) is 5.12. The van der Waals surface area contributed by atoms with Crippen molar-refractivity contribution in [3.05, 3.63) is 35.6 Å². The van der Waals surface area contributed by atoms with E-state index in [1.54, 1.807) is 12.1 Å². The predicted molar refractivity (Wildman–Crippen MR) is 55.8 cm³/mol. The molecule has 1 N–H and O–H groups in total. The molecule has 14 heavy (non-hydrogen) atoms. The molecule has 1 aromatic rings. The first-order valence-electron chi connectivity index (χ1n) is 5.12. The number of hydrogen-bond donors (Lipinski definition) is 1. The zero-order chi connectivity index (χ0) is 10.2. The maximum atomic E-state index is 13.1. The van der Waals surface area contributed by atoms with Gasteiger partial charge in [0, 0.05) is 11.5 Å². The molecule has 0 amide bonds. The van der Waals surface area contributed by atoms with Gasteiger partial charge < -0.3 is 5.32 Å². The van der Waals surface area contributed by atoms with Gasteiger partial charge in [0.25, 0.3) is 0 Å². The minimum absolute atomic E-state index is 0.0854. The van der Waals surface area contributed by atoms with Gasteiger partial charge in [-0.15, -0.1) is 0 Å². The van der Waals surface area contributed by atoms with Crippen LogP contribution < -0.4 is 5.32 Å². The van der Waals surface area contributed by atoms with Gasteiger partial charge in [-0.1, -0.05) is 19.1 Å². The second kappa shape index (κ2) is 3.35. The Labute approximate surface area is 84.3 Å². The van der Waals surface area contributed by atoms with Crippen molar-refractivity contribution in [1.82, 2.24) is 5.32 Å². The molecule has 0 bridgehead atoms. The number of benzene rings is 1. The Kier molecular flexibility index (Phi) is 2.31.